The maximum Gasteiger partial charge on any atom is 0.410 e. The van der Waals surface area contributed by atoms with Gasteiger partial charge in [-0.1, -0.05) is 6.07 Å². The summed E-state index contributed by atoms with van der Waals surface area (Å²) in [5.41, 5.74) is 0.935. The first-order valence-electron chi connectivity index (χ1n) is 8.98. The van der Waals surface area contributed by atoms with Crippen molar-refractivity contribution in [2.45, 2.75) is 51.9 Å². The van der Waals surface area contributed by atoms with Crippen LogP contribution in [0.2, 0.25) is 0 Å². The van der Waals surface area contributed by atoms with Crippen molar-refractivity contribution in [1.82, 2.24) is 15.1 Å². The Morgan fingerprint density at radius 2 is 2.12 bits per heavy atom. The van der Waals surface area contributed by atoms with Gasteiger partial charge in [0, 0.05) is 43.8 Å². The minimum absolute atomic E-state index is 0.0226. The molecule has 1 aromatic rings. The van der Waals surface area contributed by atoms with Gasteiger partial charge in [0.2, 0.25) is 0 Å². The van der Waals surface area contributed by atoms with E-state index in [0.717, 1.165) is 5.56 Å². The number of aromatic hydroxyl groups is 1. The Hall–Kier alpha value is -2.28. The van der Waals surface area contributed by atoms with E-state index in [0.29, 0.717) is 31.7 Å². The van der Waals surface area contributed by atoms with Gasteiger partial charge >= 0.3 is 6.09 Å². The molecule has 2 aliphatic rings. The molecule has 0 aromatic heterocycles. The van der Waals surface area contributed by atoms with E-state index in [1.807, 2.05) is 27.7 Å². The summed E-state index contributed by atoms with van der Waals surface area (Å²) in [6.07, 6.45) is -0.322. The number of carbonyl (C=O) groups is 2. The van der Waals surface area contributed by atoms with Crippen molar-refractivity contribution in [3.8, 4) is 5.75 Å². The molecule has 7 heteroatoms. The van der Waals surface area contributed by atoms with E-state index in [4.69, 9.17) is 4.74 Å². The van der Waals surface area contributed by atoms with Gasteiger partial charge in [0.1, 0.15) is 11.4 Å². The monoisotopic (exact) mass is 361 g/mol. The van der Waals surface area contributed by atoms with E-state index >= 15 is 0 Å². The molecule has 2 atom stereocenters. The fourth-order valence-electron chi connectivity index (χ4n) is 3.39. The lowest BCUT2D eigenvalue weighted by Crippen LogP contribution is -2.60. The van der Waals surface area contributed by atoms with Gasteiger partial charge in [0.25, 0.3) is 5.91 Å². The number of nitrogens with one attached hydrogen (secondary N) is 1. The predicted molar refractivity (Wildman–Crippen MR) is 97.0 cm³/mol. The summed E-state index contributed by atoms with van der Waals surface area (Å²) in [4.78, 5) is 28.5. The van der Waals surface area contributed by atoms with E-state index < -0.39 is 5.60 Å². The SMILES string of the molecule is C[C@@H]1CN[C@@H](CN2Cc3ccc(O)cc3C2=O)CN1C(=O)OC(C)(C)C. The number of ether oxygens (including phenoxy) is 1. The summed E-state index contributed by atoms with van der Waals surface area (Å²) in [6.45, 7) is 9.70. The molecule has 142 valence electrons. The van der Waals surface area contributed by atoms with Crippen LogP contribution in [0.1, 0.15) is 43.6 Å². The van der Waals surface area contributed by atoms with Gasteiger partial charge in [-0.05, 0) is 45.4 Å². The van der Waals surface area contributed by atoms with Crippen molar-refractivity contribution in [2.75, 3.05) is 19.6 Å². The molecule has 1 saturated heterocycles. The van der Waals surface area contributed by atoms with Crippen LogP contribution in [0.3, 0.4) is 0 Å². The van der Waals surface area contributed by atoms with Crippen LogP contribution in [-0.2, 0) is 11.3 Å². The van der Waals surface area contributed by atoms with Crippen LogP contribution in [0.25, 0.3) is 0 Å². The van der Waals surface area contributed by atoms with Crippen molar-refractivity contribution in [2.24, 2.45) is 0 Å². The summed E-state index contributed by atoms with van der Waals surface area (Å²) in [5, 5.41) is 13.0. The minimum atomic E-state index is -0.536. The highest BCUT2D eigenvalue weighted by atomic mass is 16.6. The number of hydrogen-bond donors (Lipinski definition) is 2. The number of carbonyl (C=O) groups excluding carboxylic acids is 2. The van der Waals surface area contributed by atoms with E-state index in [1.54, 1.807) is 21.9 Å². The van der Waals surface area contributed by atoms with E-state index in [-0.39, 0.29) is 29.8 Å². The topological polar surface area (TPSA) is 82.1 Å². The molecule has 0 bridgehead atoms. The van der Waals surface area contributed by atoms with Crippen molar-refractivity contribution < 1.29 is 19.4 Å². The fourth-order valence-corrected chi connectivity index (χ4v) is 3.39. The van der Waals surface area contributed by atoms with Gasteiger partial charge in [-0.15, -0.1) is 0 Å². The molecule has 3 rings (SSSR count). The maximum atomic E-state index is 12.6. The highest BCUT2D eigenvalue weighted by molar-refractivity contribution is 5.98. The zero-order chi connectivity index (χ0) is 19.1. The molecular weight excluding hydrogens is 334 g/mol. The van der Waals surface area contributed by atoms with Crippen LogP contribution < -0.4 is 5.32 Å². The average Bonchev–Trinajstić information content (AvgIpc) is 2.83. The predicted octanol–water partition coefficient (Wildman–Crippen LogP) is 1.95. The fraction of sp³-hybridized carbons (Fsp3) is 0.579. The molecule has 2 N–H and O–H groups in total. The molecule has 2 amide bonds. The molecule has 26 heavy (non-hydrogen) atoms. The van der Waals surface area contributed by atoms with Crippen molar-refractivity contribution in [1.29, 1.82) is 0 Å². The summed E-state index contributed by atoms with van der Waals surface area (Å²) >= 11 is 0. The number of phenols is 1. The third kappa shape index (κ3) is 3.93. The second kappa shape index (κ2) is 6.79. The Bertz CT molecular complexity index is 713. The quantitative estimate of drug-likeness (QED) is 0.841. The zero-order valence-corrected chi connectivity index (χ0v) is 15.8. The summed E-state index contributed by atoms with van der Waals surface area (Å²) in [7, 11) is 0. The molecule has 0 unspecified atom stereocenters. The molecule has 0 saturated carbocycles. The third-order valence-electron chi connectivity index (χ3n) is 4.69. The third-order valence-corrected chi connectivity index (χ3v) is 4.69. The second-order valence-electron chi connectivity index (χ2n) is 8.11. The zero-order valence-electron chi connectivity index (χ0n) is 15.8. The van der Waals surface area contributed by atoms with Crippen LogP contribution in [0, 0.1) is 0 Å². The van der Waals surface area contributed by atoms with Gasteiger partial charge in [0.15, 0.2) is 0 Å². The number of rotatable bonds is 2. The maximum absolute atomic E-state index is 12.6. The number of nitrogens with zero attached hydrogens (tertiary/aromatic N) is 2. The Kier molecular flexibility index (Phi) is 4.84. The molecule has 1 aromatic carbocycles. The standard InChI is InChI=1S/C19H27N3O4/c1-12-8-20-14(11-22(12)18(25)26-19(2,3)4)10-21-9-13-5-6-15(23)7-16(13)17(21)24/h5-7,12,14,20,23H,8-11H2,1-4H3/t12-,14+/m1/s1. The Labute approximate surface area is 153 Å². The first-order valence-corrected chi connectivity index (χ1v) is 8.98. The van der Waals surface area contributed by atoms with Crippen LogP contribution >= 0.6 is 0 Å². The lowest BCUT2D eigenvalue weighted by atomic mass is 10.1. The smallest absolute Gasteiger partial charge is 0.410 e. The minimum Gasteiger partial charge on any atom is -0.508 e. The van der Waals surface area contributed by atoms with Gasteiger partial charge < -0.3 is 25.0 Å². The van der Waals surface area contributed by atoms with Gasteiger partial charge in [-0.3, -0.25) is 4.79 Å². The lowest BCUT2D eigenvalue weighted by molar-refractivity contribution is 0.00817. The van der Waals surface area contributed by atoms with E-state index in [9.17, 15) is 14.7 Å². The summed E-state index contributed by atoms with van der Waals surface area (Å²) in [5.74, 6) is 0.0137. The average molecular weight is 361 g/mol. The van der Waals surface area contributed by atoms with Crippen molar-refractivity contribution in [3.63, 3.8) is 0 Å². The number of amides is 2. The molecule has 2 aliphatic heterocycles. The number of piperazine rings is 1. The van der Waals surface area contributed by atoms with Crippen LogP contribution in [0.15, 0.2) is 18.2 Å². The number of benzene rings is 1. The normalized spacial score (nSPS) is 23.2. The number of phenolic OH excluding ortho intramolecular Hbond substituents is 1. The van der Waals surface area contributed by atoms with Crippen LogP contribution in [0.5, 0.6) is 5.75 Å². The molecule has 2 heterocycles. The second-order valence-corrected chi connectivity index (χ2v) is 8.11. The first-order chi connectivity index (χ1) is 12.1. The van der Waals surface area contributed by atoms with E-state index in [2.05, 4.69) is 5.32 Å². The van der Waals surface area contributed by atoms with Crippen molar-refractivity contribution >= 4 is 12.0 Å². The number of hydrogen-bond acceptors (Lipinski definition) is 5. The Morgan fingerprint density at radius 3 is 2.81 bits per heavy atom. The lowest BCUT2D eigenvalue weighted by Gasteiger charge is -2.40. The summed E-state index contributed by atoms with van der Waals surface area (Å²) in [6, 6.07) is 4.91. The Balaban J connectivity index is 1.64. The largest absolute Gasteiger partial charge is 0.508 e. The molecule has 0 spiro atoms. The van der Waals surface area contributed by atoms with Gasteiger partial charge in [-0.2, -0.15) is 0 Å². The highest BCUT2D eigenvalue weighted by Gasteiger charge is 2.35. The molecule has 0 aliphatic carbocycles. The van der Waals surface area contributed by atoms with Crippen LogP contribution in [-0.4, -0.2) is 64.2 Å². The molecule has 7 nitrogen and oxygen atoms in total. The molecule has 0 radical (unpaired) electrons. The van der Waals surface area contributed by atoms with E-state index in [1.165, 1.54) is 6.07 Å². The number of fused-ring (bicyclic) bond motifs is 1. The van der Waals surface area contributed by atoms with Gasteiger partial charge in [0.05, 0.1) is 0 Å². The molecule has 1 fully saturated rings. The van der Waals surface area contributed by atoms with Gasteiger partial charge in [-0.25, -0.2) is 4.79 Å². The van der Waals surface area contributed by atoms with Crippen LogP contribution in [0.4, 0.5) is 4.79 Å². The Morgan fingerprint density at radius 1 is 1.38 bits per heavy atom. The summed E-state index contributed by atoms with van der Waals surface area (Å²) < 4.78 is 5.50. The van der Waals surface area contributed by atoms with Crippen molar-refractivity contribution in [3.05, 3.63) is 29.3 Å². The first kappa shape index (κ1) is 18.5. The highest BCUT2D eigenvalue weighted by Crippen LogP contribution is 2.26. The molecular formula is C19H27N3O4.